The monoisotopic (exact) mass is 486 g/mol. The number of fused-ring (bicyclic) bond motifs is 1. The Morgan fingerprint density at radius 2 is 2.03 bits per heavy atom. The van der Waals surface area contributed by atoms with Crippen LogP contribution in [0.25, 0.3) is 5.52 Å². The fourth-order valence-corrected chi connectivity index (χ4v) is 4.84. The fourth-order valence-electron chi connectivity index (χ4n) is 4.07. The Hall–Kier alpha value is -2.95. The number of aromatic nitrogens is 2. The van der Waals surface area contributed by atoms with Crippen LogP contribution in [0, 0.1) is 0 Å². The molecule has 10 heteroatoms. The second-order valence-corrected chi connectivity index (χ2v) is 10.4. The van der Waals surface area contributed by atoms with Crippen molar-refractivity contribution in [2.24, 2.45) is 0 Å². The second-order valence-electron chi connectivity index (χ2n) is 8.47. The molecule has 1 saturated heterocycles. The van der Waals surface area contributed by atoms with Gasteiger partial charge in [0.25, 0.3) is 5.91 Å². The van der Waals surface area contributed by atoms with E-state index in [0.717, 1.165) is 50.2 Å². The van der Waals surface area contributed by atoms with Crippen LogP contribution < -0.4 is 10.1 Å². The fraction of sp³-hybridized carbons (Fsp3) is 0.417. The first-order valence-electron chi connectivity index (χ1n) is 11.3. The molecule has 34 heavy (non-hydrogen) atoms. The van der Waals surface area contributed by atoms with E-state index in [1.54, 1.807) is 24.4 Å². The van der Waals surface area contributed by atoms with E-state index in [-0.39, 0.29) is 17.4 Å². The van der Waals surface area contributed by atoms with E-state index in [1.165, 1.54) is 4.40 Å². The molecule has 0 spiro atoms. The molecule has 1 aromatic carbocycles. The number of likely N-dealkylation sites (N-methyl/N-ethyl adjacent to an activating group) is 1. The SMILES string of the molecule is CN(CCOc1cccc(CNC(=O)c2nc(S(C)(=O)=O)n3ccccc23)c1)C1CCOCC1. The topological polar surface area (TPSA) is 102 Å². The number of ether oxygens (including phenoxy) is 2. The molecule has 1 aliphatic rings. The molecule has 0 radical (unpaired) electrons. The number of nitrogens with one attached hydrogen (secondary N) is 1. The first-order chi connectivity index (χ1) is 16.3. The third-order valence-corrected chi connectivity index (χ3v) is 6.89. The summed E-state index contributed by atoms with van der Waals surface area (Å²) in [7, 11) is -1.48. The predicted octanol–water partition coefficient (Wildman–Crippen LogP) is 2.16. The number of hydrogen-bond acceptors (Lipinski definition) is 7. The van der Waals surface area contributed by atoms with E-state index in [2.05, 4.69) is 22.2 Å². The molecule has 1 aliphatic heterocycles. The first kappa shape index (κ1) is 24.2. The van der Waals surface area contributed by atoms with Crippen molar-refractivity contribution in [1.82, 2.24) is 19.6 Å². The van der Waals surface area contributed by atoms with Crippen molar-refractivity contribution >= 4 is 21.3 Å². The van der Waals surface area contributed by atoms with Gasteiger partial charge in [0.1, 0.15) is 12.4 Å². The Morgan fingerprint density at radius 3 is 2.79 bits per heavy atom. The van der Waals surface area contributed by atoms with Gasteiger partial charge in [-0.05, 0) is 49.7 Å². The highest BCUT2D eigenvalue weighted by molar-refractivity contribution is 7.90. The van der Waals surface area contributed by atoms with Crippen LogP contribution in [-0.4, -0.2) is 74.3 Å². The lowest BCUT2D eigenvalue weighted by Gasteiger charge is -2.31. The highest BCUT2D eigenvalue weighted by atomic mass is 32.2. The molecule has 3 heterocycles. The average molecular weight is 487 g/mol. The summed E-state index contributed by atoms with van der Waals surface area (Å²) in [4.78, 5) is 19.3. The molecular weight excluding hydrogens is 456 g/mol. The molecule has 0 bridgehead atoms. The number of sulfone groups is 1. The van der Waals surface area contributed by atoms with Crippen LogP contribution in [0.2, 0.25) is 0 Å². The van der Waals surface area contributed by atoms with Crippen molar-refractivity contribution in [3.8, 4) is 5.75 Å². The summed E-state index contributed by atoms with van der Waals surface area (Å²) < 4.78 is 36.9. The summed E-state index contributed by atoms with van der Waals surface area (Å²) in [6, 6.07) is 13.2. The second kappa shape index (κ2) is 10.5. The molecule has 182 valence electrons. The van der Waals surface area contributed by atoms with Gasteiger partial charge in [-0.1, -0.05) is 18.2 Å². The number of benzene rings is 1. The van der Waals surface area contributed by atoms with Gasteiger partial charge in [-0.25, -0.2) is 13.4 Å². The van der Waals surface area contributed by atoms with Gasteiger partial charge in [-0.15, -0.1) is 0 Å². The third-order valence-electron chi connectivity index (χ3n) is 5.94. The highest BCUT2D eigenvalue weighted by Crippen LogP contribution is 2.18. The Bertz CT molecular complexity index is 1250. The Kier molecular flexibility index (Phi) is 7.50. The van der Waals surface area contributed by atoms with E-state index in [9.17, 15) is 13.2 Å². The van der Waals surface area contributed by atoms with Crippen LogP contribution in [0.15, 0.2) is 53.8 Å². The maximum absolute atomic E-state index is 12.8. The number of carbonyl (C=O) groups excluding carboxylic acids is 1. The molecule has 1 fully saturated rings. The summed E-state index contributed by atoms with van der Waals surface area (Å²) >= 11 is 0. The van der Waals surface area contributed by atoms with Gasteiger partial charge in [0.05, 0.1) is 5.52 Å². The summed E-state index contributed by atoms with van der Waals surface area (Å²) in [5, 5.41) is 2.67. The summed E-state index contributed by atoms with van der Waals surface area (Å²) in [6.07, 6.45) is 4.74. The maximum atomic E-state index is 12.8. The van der Waals surface area contributed by atoms with Crippen molar-refractivity contribution in [1.29, 1.82) is 0 Å². The molecule has 9 nitrogen and oxygen atoms in total. The van der Waals surface area contributed by atoms with Crippen molar-refractivity contribution in [2.45, 2.75) is 30.6 Å². The van der Waals surface area contributed by atoms with Crippen LogP contribution >= 0.6 is 0 Å². The van der Waals surface area contributed by atoms with E-state index >= 15 is 0 Å². The van der Waals surface area contributed by atoms with Gasteiger partial charge in [0.2, 0.25) is 15.0 Å². The smallest absolute Gasteiger partial charge is 0.272 e. The maximum Gasteiger partial charge on any atom is 0.272 e. The molecule has 0 unspecified atom stereocenters. The first-order valence-corrected chi connectivity index (χ1v) is 13.2. The lowest BCUT2D eigenvalue weighted by molar-refractivity contribution is 0.0392. The van der Waals surface area contributed by atoms with E-state index in [4.69, 9.17) is 9.47 Å². The van der Waals surface area contributed by atoms with Gasteiger partial charge in [0.15, 0.2) is 5.69 Å². The molecule has 3 aromatic rings. The summed E-state index contributed by atoms with van der Waals surface area (Å²) in [6.45, 7) is 3.28. The third kappa shape index (κ3) is 5.75. The molecule has 0 atom stereocenters. The number of rotatable bonds is 9. The Balaban J connectivity index is 1.35. The number of amides is 1. The highest BCUT2D eigenvalue weighted by Gasteiger charge is 2.22. The molecule has 4 rings (SSSR count). The van der Waals surface area contributed by atoms with Crippen molar-refractivity contribution < 1.29 is 22.7 Å². The molecular formula is C24H30N4O5S. The summed E-state index contributed by atoms with van der Waals surface area (Å²) in [5.74, 6) is 0.293. The zero-order valence-corrected chi connectivity index (χ0v) is 20.3. The Labute approximate surface area is 199 Å². The molecule has 0 aliphatic carbocycles. The number of hydrogen-bond donors (Lipinski definition) is 1. The van der Waals surface area contributed by atoms with Gasteiger partial charge in [-0.2, -0.15) is 0 Å². The number of imidazole rings is 1. The van der Waals surface area contributed by atoms with Crippen molar-refractivity contribution in [3.63, 3.8) is 0 Å². The zero-order valence-electron chi connectivity index (χ0n) is 19.4. The van der Waals surface area contributed by atoms with E-state index in [1.807, 2.05) is 24.3 Å². The van der Waals surface area contributed by atoms with Gasteiger partial charge in [-0.3, -0.25) is 14.1 Å². The minimum absolute atomic E-state index is 0.0737. The average Bonchev–Trinajstić information content (AvgIpc) is 3.24. The number of carbonyl (C=O) groups is 1. The minimum atomic E-state index is -3.59. The summed E-state index contributed by atoms with van der Waals surface area (Å²) in [5.41, 5.74) is 1.38. The van der Waals surface area contributed by atoms with Crippen molar-refractivity contribution in [2.75, 3.05) is 39.7 Å². The van der Waals surface area contributed by atoms with Crippen LogP contribution in [-0.2, 0) is 21.1 Å². The van der Waals surface area contributed by atoms with Crippen molar-refractivity contribution in [3.05, 3.63) is 59.9 Å². The number of nitrogens with zero attached hydrogens (tertiary/aromatic N) is 3. The Morgan fingerprint density at radius 1 is 1.24 bits per heavy atom. The quantitative estimate of drug-likeness (QED) is 0.494. The molecule has 2 aromatic heterocycles. The lowest BCUT2D eigenvalue weighted by Crippen LogP contribution is -2.38. The van der Waals surface area contributed by atoms with Crippen LogP contribution in [0.4, 0.5) is 0 Å². The van der Waals surface area contributed by atoms with Gasteiger partial charge in [0, 0.05) is 44.8 Å². The lowest BCUT2D eigenvalue weighted by atomic mass is 10.1. The zero-order chi connectivity index (χ0) is 24.1. The normalized spacial score (nSPS) is 15.0. The standard InChI is InChI=1S/C24H30N4O5S/c1-27(19-9-13-32-14-10-19)12-15-33-20-7-5-6-18(16-20)17-25-23(29)22-21-8-3-4-11-28(21)24(26-22)34(2,30)31/h3-8,11,16,19H,9-10,12-15,17H2,1-2H3,(H,25,29). The van der Waals surface area contributed by atoms with Crippen LogP contribution in [0.5, 0.6) is 5.75 Å². The minimum Gasteiger partial charge on any atom is -0.492 e. The largest absolute Gasteiger partial charge is 0.492 e. The van der Waals surface area contributed by atoms with Gasteiger partial charge < -0.3 is 14.8 Å². The number of pyridine rings is 1. The molecule has 1 amide bonds. The van der Waals surface area contributed by atoms with E-state index in [0.29, 0.717) is 18.2 Å². The van der Waals surface area contributed by atoms with Gasteiger partial charge >= 0.3 is 0 Å². The van der Waals surface area contributed by atoms with Crippen LogP contribution in [0.1, 0.15) is 28.9 Å². The van der Waals surface area contributed by atoms with E-state index < -0.39 is 15.7 Å². The molecule has 1 N–H and O–H groups in total. The predicted molar refractivity (Wildman–Crippen MR) is 128 cm³/mol. The molecule has 0 saturated carbocycles. The van der Waals surface area contributed by atoms with Crippen LogP contribution in [0.3, 0.4) is 0 Å².